The molecule has 0 spiro atoms. The molecular weight excluding hydrogens is 488 g/mol. The van der Waals surface area contributed by atoms with E-state index in [1.54, 1.807) is 18.2 Å². The van der Waals surface area contributed by atoms with E-state index in [9.17, 15) is 4.79 Å². The predicted molar refractivity (Wildman–Crippen MR) is 144 cm³/mol. The Morgan fingerprint density at radius 1 is 0.892 bits per heavy atom. The second-order valence-corrected chi connectivity index (χ2v) is 9.31. The van der Waals surface area contributed by atoms with Gasteiger partial charge >= 0.3 is 5.97 Å². The predicted octanol–water partition coefficient (Wildman–Crippen LogP) is 6.06. The van der Waals surface area contributed by atoms with Crippen molar-refractivity contribution in [2.75, 3.05) is 21.3 Å². The highest BCUT2D eigenvalue weighted by Crippen LogP contribution is 2.39. The van der Waals surface area contributed by atoms with E-state index in [0.717, 1.165) is 32.0 Å². The van der Waals surface area contributed by atoms with Crippen LogP contribution in [0.25, 0.3) is 17.0 Å². The van der Waals surface area contributed by atoms with Crippen molar-refractivity contribution in [3.05, 3.63) is 89.1 Å². The van der Waals surface area contributed by atoms with E-state index in [4.69, 9.17) is 23.9 Å². The molecule has 5 rings (SSSR count). The summed E-state index contributed by atoms with van der Waals surface area (Å²) in [5, 5.41) is 1.73. The lowest BCUT2D eigenvalue weighted by Crippen LogP contribution is -2.07. The Hall–Kier alpha value is -4.30. The number of hydrogen-bond donors (Lipinski definition) is 0. The molecule has 0 N–H and O–H groups in total. The molecule has 0 atom stereocenters. The second-order valence-electron chi connectivity index (χ2n) is 8.24. The van der Waals surface area contributed by atoms with Gasteiger partial charge in [-0.1, -0.05) is 42.1 Å². The van der Waals surface area contributed by atoms with Crippen LogP contribution in [-0.2, 0) is 9.53 Å². The van der Waals surface area contributed by atoms with Crippen LogP contribution in [0, 0.1) is 6.92 Å². The average Bonchev–Trinajstić information content (AvgIpc) is 3.28. The summed E-state index contributed by atoms with van der Waals surface area (Å²) in [6, 6.07) is 21.5. The van der Waals surface area contributed by atoms with Crippen LogP contribution in [0.5, 0.6) is 17.2 Å². The van der Waals surface area contributed by atoms with E-state index < -0.39 is 5.97 Å². The van der Waals surface area contributed by atoms with Crippen LogP contribution in [0.4, 0.5) is 0 Å². The largest absolute Gasteiger partial charge is 0.493 e. The maximum atomic E-state index is 12.9. The third kappa shape index (κ3) is 5.01. The highest BCUT2D eigenvalue weighted by molar-refractivity contribution is 7.99. The maximum absolute atomic E-state index is 12.9. The number of ether oxygens (including phenoxy) is 4. The normalized spacial score (nSPS) is 14.0. The third-order valence-corrected chi connectivity index (χ3v) is 6.78. The number of carbonyl (C=O) groups is 1. The van der Waals surface area contributed by atoms with E-state index in [0.29, 0.717) is 22.8 Å². The van der Waals surface area contributed by atoms with Gasteiger partial charge in [-0.3, -0.25) is 0 Å². The van der Waals surface area contributed by atoms with Gasteiger partial charge in [0.25, 0.3) is 0 Å². The summed E-state index contributed by atoms with van der Waals surface area (Å²) in [5.74, 6) is 0.905. The number of benzene rings is 3. The van der Waals surface area contributed by atoms with Gasteiger partial charge in [0.2, 0.25) is 11.6 Å². The molecule has 0 radical (unpaired) electrons. The van der Waals surface area contributed by atoms with Crippen molar-refractivity contribution in [3.8, 4) is 17.2 Å². The van der Waals surface area contributed by atoms with Gasteiger partial charge in [0, 0.05) is 21.4 Å². The number of pyridine rings is 1. The van der Waals surface area contributed by atoms with Crippen LogP contribution < -0.4 is 14.2 Å². The van der Waals surface area contributed by atoms with E-state index in [2.05, 4.69) is 4.99 Å². The zero-order valence-electron chi connectivity index (χ0n) is 20.8. The molecule has 1 aliphatic heterocycles. The molecule has 0 saturated heterocycles. The Morgan fingerprint density at radius 3 is 2.30 bits per heavy atom. The molecule has 3 aromatic carbocycles. The van der Waals surface area contributed by atoms with E-state index in [1.807, 2.05) is 61.5 Å². The molecule has 0 amide bonds. The smallest absolute Gasteiger partial charge is 0.363 e. The number of aromatic nitrogens is 1. The maximum Gasteiger partial charge on any atom is 0.363 e. The molecular formula is C29H24N2O5S. The quantitative estimate of drug-likeness (QED) is 0.220. The standard InChI is InChI=1S/C29H24N2O5S/c1-17-10-11-18-13-20(28(31-22(18)12-17)37-21-8-6-5-7-9-21)14-23-29(32)36-27(30-23)19-15-24(33-2)26(35-4)25(16-19)34-3/h5-16H,1-4H3/b23-14+. The third-order valence-electron chi connectivity index (χ3n) is 5.75. The van der Waals surface area contributed by atoms with Gasteiger partial charge in [0.1, 0.15) is 5.03 Å². The number of rotatable bonds is 7. The molecule has 8 heteroatoms. The van der Waals surface area contributed by atoms with Gasteiger partial charge in [-0.15, -0.1) is 0 Å². The highest BCUT2D eigenvalue weighted by atomic mass is 32.2. The first-order valence-corrected chi connectivity index (χ1v) is 12.3. The Kier molecular flexibility index (Phi) is 6.83. The first-order valence-electron chi connectivity index (χ1n) is 11.5. The van der Waals surface area contributed by atoms with Gasteiger partial charge in [-0.2, -0.15) is 0 Å². The number of nitrogens with zero attached hydrogens (tertiary/aromatic N) is 2. The van der Waals surface area contributed by atoms with E-state index in [-0.39, 0.29) is 11.6 Å². The van der Waals surface area contributed by atoms with Crippen LogP contribution in [0.3, 0.4) is 0 Å². The van der Waals surface area contributed by atoms with Crippen molar-refractivity contribution in [1.29, 1.82) is 0 Å². The Balaban J connectivity index is 1.59. The van der Waals surface area contributed by atoms with Gasteiger partial charge in [-0.05, 0) is 55.0 Å². The van der Waals surface area contributed by atoms with Crippen molar-refractivity contribution in [3.63, 3.8) is 0 Å². The molecule has 37 heavy (non-hydrogen) atoms. The lowest BCUT2D eigenvalue weighted by Gasteiger charge is -2.13. The first kappa shape index (κ1) is 24.4. The van der Waals surface area contributed by atoms with E-state index in [1.165, 1.54) is 33.1 Å². The summed E-state index contributed by atoms with van der Waals surface area (Å²) in [6.07, 6.45) is 1.71. The topological polar surface area (TPSA) is 79.2 Å². The lowest BCUT2D eigenvalue weighted by molar-refractivity contribution is -0.129. The Morgan fingerprint density at radius 2 is 1.62 bits per heavy atom. The minimum Gasteiger partial charge on any atom is -0.493 e. The number of carbonyl (C=O) groups excluding carboxylic acids is 1. The summed E-state index contributed by atoms with van der Waals surface area (Å²) in [5.41, 5.74) is 3.48. The van der Waals surface area contributed by atoms with Gasteiger partial charge in [-0.25, -0.2) is 14.8 Å². The van der Waals surface area contributed by atoms with Crippen molar-refractivity contribution >= 4 is 40.6 Å². The number of aliphatic imine (C=N–C) groups is 1. The number of aryl methyl sites for hydroxylation is 1. The minimum atomic E-state index is -0.552. The summed E-state index contributed by atoms with van der Waals surface area (Å²) in [6.45, 7) is 2.04. The van der Waals surface area contributed by atoms with Crippen molar-refractivity contribution in [2.45, 2.75) is 16.8 Å². The van der Waals surface area contributed by atoms with Crippen LogP contribution in [-0.4, -0.2) is 38.2 Å². The first-order chi connectivity index (χ1) is 18.0. The fourth-order valence-electron chi connectivity index (χ4n) is 3.95. The van der Waals surface area contributed by atoms with E-state index >= 15 is 0 Å². The van der Waals surface area contributed by atoms with Gasteiger partial charge in [0.15, 0.2) is 17.2 Å². The monoisotopic (exact) mass is 512 g/mol. The zero-order chi connectivity index (χ0) is 25.9. The number of cyclic esters (lactones) is 1. The molecule has 186 valence electrons. The summed E-state index contributed by atoms with van der Waals surface area (Å²) < 4.78 is 21.8. The molecule has 4 aromatic rings. The summed E-state index contributed by atoms with van der Waals surface area (Å²) in [4.78, 5) is 23.3. The lowest BCUT2D eigenvalue weighted by atomic mass is 10.1. The number of methoxy groups -OCH3 is 3. The second kappa shape index (κ2) is 10.4. The SMILES string of the molecule is COc1cc(C2=N/C(=C/c3cc4ccc(C)cc4nc3Sc3ccccc3)C(=O)O2)cc(OC)c1OC. The van der Waals surface area contributed by atoms with Crippen LogP contribution in [0.2, 0.25) is 0 Å². The molecule has 0 unspecified atom stereocenters. The molecule has 0 bridgehead atoms. The highest BCUT2D eigenvalue weighted by Gasteiger charge is 2.27. The zero-order valence-corrected chi connectivity index (χ0v) is 21.6. The molecule has 0 fully saturated rings. The van der Waals surface area contributed by atoms with Crippen molar-refractivity contribution < 1.29 is 23.7 Å². The Labute approximate surface area is 218 Å². The Bertz CT molecular complexity index is 1540. The van der Waals surface area contributed by atoms with Gasteiger partial charge < -0.3 is 18.9 Å². The summed E-state index contributed by atoms with van der Waals surface area (Å²) in [7, 11) is 4.57. The fourth-order valence-corrected chi connectivity index (χ4v) is 4.84. The number of esters is 1. The minimum absolute atomic E-state index is 0.150. The van der Waals surface area contributed by atoms with Crippen LogP contribution in [0.15, 0.2) is 87.3 Å². The number of fused-ring (bicyclic) bond motifs is 1. The molecule has 1 aromatic heterocycles. The van der Waals surface area contributed by atoms with Crippen LogP contribution >= 0.6 is 11.8 Å². The molecule has 1 aliphatic rings. The number of hydrogen-bond acceptors (Lipinski definition) is 8. The van der Waals surface area contributed by atoms with Crippen molar-refractivity contribution in [2.24, 2.45) is 4.99 Å². The van der Waals surface area contributed by atoms with Gasteiger partial charge in [0.05, 0.1) is 26.8 Å². The molecule has 0 aliphatic carbocycles. The average molecular weight is 513 g/mol. The van der Waals surface area contributed by atoms with Crippen LogP contribution in [0.1, 0.15) is 16.7 Å². The molecule has 2 heterocycles. The molecule has 7 nitrogen and oxygen atoms in total. The summed E-state index contributed by atoms with van der Waals surface area (Å²) >= 11 is 1.53. The fraction of sp³-hybridized carbons (Fsp3) is 0.138. The molecule has 0 saturated carbocycles. The van der Waals surface area contributed by atoms with Crippen molar-refractivity contribution in [1.82, 2.24) is 4.98 Å².